The molecule has 4 nitrogen and oxygen atoms in total. The highest BCUT2D eigenvalue weighted by molar-refractivity contribution is 5.89. The molecule has 0 atom stereocenters. The van der Waals surface area contributed by atoms with Gasteiger partial charge in [0.15, 0.2) is 0 Å². The van der Waals surface area contributed by atoms with Crippen LogP contribution in [-0.2, 0) is 14.3 Å². The summed E-state index contributed by atoms with van der Waals surface area (Å²) in [7, 11) is 0. The molecule has 0 heterocycles. The Morgan fingerprint density at radius 2 is 1.93 bits per heavy atom. The number of hydrogen-bond donors (Lipinski definition) is 0. The summed E-state index contributed by atoms with van der Waals surface area (Å²) in [5, 5.41) is 9.91. The summed E-state index contributed by atoms with van der Waals surface area (Å²) in [6.45, 7) is 2.44. The summed E-state index contributed by atoms with van der Waals surface area (Å²) in [6, 6.07) is 0. The number of unbranched alkanes of at least 4 members (excludes halogenated alkanes) is 3. The predicted molar refractivity (Wildman–Crippen MR) is 49.2 cm³/mol. The van der Waals surface area contributed by atoms with Crippen molar-refractivity contribution in [3.63, 3.8) is 0 Å². The van der Waals surface area contributed by atoms with Crippen LogP contribution < -0.4 is 5.11 Å². The molecule has 80 valence electrons. The lowest BCUT2D eigenvalue weighted by Crippen LogP contribution is -2.19. The minimum atomic E-state index is -1.40. The maximum Gasteiger partial charge on any atom is 0.330 e. The number of carbonyl (C=O) groups is 2. The predicted octanol–water partition coefficient (Wildman–Crippen LogP) is 0.416. The van der Waals surface area contributed by atoms with Crippen molar-refractivity contribution >= 4 is 11.9 Å². The van der Waals surface area contributed by atoms with E-state index < -0.39 is 11.9 Å². The molecule has 0 aliphatic carbocycles. The third kappa shape index (κ3) is 8.77. The molecule has 0 unspecified atom stereocenters. The molecule has 0 radical (unpaired) electrons. The Morgan fingerprint density at radius 3 is 2.50 bits per heavy atom. The Hall–Kier alpha value is -1.32. The Balaban J connectivity index is 3.40. The van der Waals surface area contributed by atoms with Crippen LogP contribution in [0.4, 0.5) is 0 Å². The van der Waals surface area contributed by atoms with Gasteiger partial charge in [-0.1, -0.05) is 26.2 Å². The van der Waals surface area contributed by atoms with Crippen LogP contribution in [0.15, 0.2) is 12.2 Å². The quantitative estimate of drug-likeness (QED) is 0.338. The average Bonchev–Trinajstić information content (AvgIpc) is 2.14. The third-order valence-corrected chi connectivity index (χ3v) is 1.60. The number of carboxylic acids is 1. The zero-order valence-corrected chi connectivity index (χ0v) is 8.32. The van der Waals surface area contributed by atoms with Crippen molar-refractivity contribution in [2.75, 3.05) is 6.61 Å². The first-order valence-corrected chi connectivity index (χ1v) is 4.72. The van der Waals surface area contributed by atoms with E-state index in [-0.39, 0.29) is 0 Å². The second-order valence-electron chi connectivity index (χ2n) is 2.88. The highest BCUT2D eigenvalue weighted by Gasteiger charge is 1.95. The van der Waals surface area contributed by atoms with Gasteiger partial charge in [-0.25, -0.2) is 4.79 Å². The summed E-state index contributed by atoms with van der Waals surface area (Å²) in [5.41, 5.74) is 0. The molecule has 4 heteroatoms. The Bertz CT molecular complexity index is 208. The first-order chi connectivity index (χ1) is 6.66. The molecule has 0 N–H and O–H groups in total. The van der Waals surface area contributed by atoms with Crippen LogP contribution in [0.1, 0.15) is 32.6 Å². The van der Waals surface area contributed by atoms with Gasteiger partial charge in [0.2, 0.25) is 0 Å². The summed E-state index contributed by atoms with van der Waals surface area (Å²) < 4.78 is 4.72. The maximum absolute atomic E-state index is 10.8. The fourth-order valence-electron chi connectivity index (χ4n) is 0.886. The van der Waals surface area contributed by atoms with Crippen LogP contribution in [0.3, 0.4) is 0 Å². The first-order valence-electron chi connectivity index (χ1n) is 4.72. The molecule has 0 amide bonds. The standard InChI is InChI=1S/C10H16O4/c1-2-3-4-5-8-14-10(13)7-6-9(11)12/h6-7H,2-5,8H2,1H3,(H,11,12)/p-1/b7-6+. The van der Waals surface area contributed by atoms with Crippen molar-refractivity contribution in [3.05, 3.63) is 12.2 Å². The van der Waals surface area contributed by atoms with E-state index in [0.29, 0.717) is 12.7 Å². The largest absolute Gasteiger partial charge is 0.545 e. The molecule has 0 saturated carbocycles. The minimum Gasteiger partial charge on any atom is -0.545 e. The number of hydrogen-bond acceptors (Lipinski definition) is 4. The lowest BCUT2D eigenvalue weighted by molar-refractivity contribution is -0.297. The van der Waals surface area contributed by atoms with E-state index in [0.717, 1.165) is 31.8 Å². The molecule has 0 bridgehead atoms. The van der Waals surface area contributed by atoms with Crippen molar-refractivity contribution in [3.8, 4) is 0 Å². The lowest BCUT2D eigenvalue weighted by Gasteiger charge is -2.00. The van der Waals surface area contributed by atoms with Gasteiger partial charge in [0.1, 0.15) is 0 Å². The van der Waals surface area contributed by atoms with E-state index >= 15 is 0 Å². The van der Waals surface area contributed by atoms with E-state index in [1.54, 1.807) is 0 Å². The van der Waals surface area contributed by atoms with Crippen molar-refractivity contribution in [1.29, 1.82) is 0 Å². The van der Waals surface area contributed by atoms with Gasteiger partial charge in [0.25, 0.3) is 0 Å². The summed E-state index contributed by atoms with van der Waals surface area (Å²) in [5.74, 6) is -2.03. The fraction of sp³-hybridized carbons (Fsp3) is 0.600. The molecule has 0 saturated heterocycles. The maximum atomic E-state index is 10.8. The van der Waals surface area contributed by atoms with Crippen LogP contribution in [0.5, 0.6) is 0 Å². The van der Waals surface area contributed by atoms with E-state index in [1.807, 2.05) is 0 Å². The van der Waals surface area contributed by atoms with Crippen LogP contribution in [0, 0.1) is 0 Å². The number of carbonyl (C=O) groups excluding carboxylic acids is 2. The summed E-state index contributed by atoms with van der Waals surface area (Å²) >= 11 is 0. The average molecular weight is 199 g/mol. The molecular weight excluding hydrogens is 184 g/mol. The van der Waals surface area contributed by atoms with Crippen LogP contribution in [0.2, 0.25) is 0 Å². The molecule has 0 aliphatic rings. The molecule has 0 spiro atoms. The molecule has 14 heavy (non-hydrogen) atoms. The number of ether oxygens (including phenoxy) is 1. The van der Waals surface area contributed by atoms with Gasteiger partial charge >= 0.3 is 5.97 Å². The van der Waals surface area contributed by atoms with Crippen LogP contribution >= 0.6 is 0 Å². The second-order valence-corrected chi connectivity index (χ2v) is 2.88. The highest BCUT2D eigenvalue weighted by Crippen LogP contribution is 1.98. The van der Waals surface area contributed by atoms with E-state index in [4.69, 9.17) is 4.74 Å². The molecule has 0 aromatic heterocycles. The minimum absolute atomic E-state index is 0.343. The smallest absolute Gasteiger partial charge is 0.330 e. The number of rotatable bonds is 7. The van der Waals surface area contributed by atoms with Gasteiger partial charge in [0, 0.05) is 6.08 Å². The van der Waals surface area contributed by atoms with Crippen LogP contribution in [0.25, 0.3) is 0 Å². The van der Waals surface area contributed by atoms with Crippen molar-refractivity contribution in [2.45, 2.75) is 32.6 Å². The number of carboxylic acid groups (broad SMARTS) is 1. The molecule has 0 aromatic carbocycles. The van der Waals surface area contributed by atoms with Gasteiger partial charge in [-0.2, -0.15) is 0 Å². The Kier molecular flexibility index (Phi) is 7.50. The normalized spacial score (nSPS) is 10.4. The van der Waals surface area contributed by atoms with Gasteiger partial charge in [-0.05, 0) is 12.5 Å². The number of esters is 1. The Labute approximate surface area is 83.6 Å². The van der Waals surface area contributed by atoms with Gasteiger partial charge in [-0.15, -0.1) is 0 Å². The monoisotopic (exact) mass is 199 g/mol. The molecule has 0 rings (SSSR count). The van der Waals surface area contributed by atoms with Gasteiger partial charge in [-0.3, -0.25) is 0 Å². The summed E-state index contributed by atoms with van der Waals surface area (Å²) in [4.78, 5) is 20.7. The zero-order valence-electron chi connectivity index (χ0n) is 8.32. The van der Waals surface area contributed by atoms with Gasteiger partial charge in [0.05, 0.1) is 12.6 Å². The van der Waals surface area contributed by atoms with E-state index in [1.165, 1.54) is 0 Å². The SMILES string of the molecule is CCCCCCOC(=O)/C=C/C(=O)[O-]. The third-order valence-electron chi connectivity index (χ3n) is 1.60. The van der Waals surface area contributed by atoms with Crippen molar-refractivity contribution < 1.29 is 19.4 Å². The van der Waals surface area contributed by atoms with Crippen molar-refractivity contribution in [1.82, 2.24) is 0 Å². The lowest BCUT2D eigenvalue weighted by atomic mass is 10.2. The molecule has 0 aliphatic heterocycles. The fourth-order valence-corrected chi connectivity index (χ4v) is 0.886. The van der Waals surface area contributed by atoms with Crippen molar-refractivity contribution in [2.24, 2.45) is 0 Å². The first kappa shape index (κ1) is 12.7. The van der Waals surface area contributed by atoms with E-state index in [9.17, 15) is 14.7 Å². The molecule has 0 fully saturated rings. The number of aliphatic carboxylic acids is 1. The Morgan fingerprint density at radius 1 is 1.21 bits per heavy atom. The molecular formula is C10H15O4-. The van der Waals surface area contributed by atoms with E-state index in [2.05, 4.69) is 6.92 Å². The highest BCUT2D eigenvalue weighted by atomic mass is 16.5. The zero-order chi connectivity index (χ0) is 10.8. The summed E-state index contributed by atoms with van der Waals surface area (Å²) in [6.07, 6.45) is 5.60. The van der Waals surface area contributed by atoms with Crippen LogP contribution in [-0.4, -0.2) is 18.5 Å². The van der Waals surface area contributed by atoms with Gasteiger partial charge < -0.3 is 14.6 Å². The second kappa shape index (κ2) is 8.29. The molecule has 0 aromatic rings. The topological polar surface area (TPSA) is 66.4 Å².